The van der Waals surface area contributed by atoms with Crippen molar-refractivity contribution in [3.8, 4) is 0 Å². The number of halogens is 1. The van der Waals surface area contributed by atoms with Crippen molar-refractivity contribution < 1.29 is 17.6 Å². The van der Waals surface area contributed by atoms with Gasteiger partial charge in [-0.25, -0.2) is 17.5 Å². The van der Waals surface area contributed by atoms with Gasteiger partial charge in [0.2, 0.25) is 10.0 Å². The summed E-state index contributed by atoms with van der Waals surface area (Å²) in [4.78, 5) is 17.4. The van der Waals surface area contributed by atoms with Gasteiger partial charge in [-0.3, -0.25) is 9.69 Å². The van der Waals surface area contributed by atoms with Crippen LogP contribution in [0.3, 0.4) is 0 Å². The van der Waals surface area contributed by atoms with Gasteiger partial charge in [0.1, 0.15) is 5.82 Å². The maximum atomic E-state index is 14.9. The summed E-state index contributed by atoms with van der Waals surface area (Å²) in [6.45, 7) is 12.1. The van der Waals surface area contributed by atoms with Crippen LogP contribution in [-0.4, -0.2) is 57.7 Å². The number of piperazine rings is 1. The zero-order valence-electron chi connectivity index (χ0n) is 21.1. The predicted octanol–water partition coefficient (Wildman–Crippen LogP) is 3.78. The van der Waals surface area contributed by atoms with Crippen molar-refractivity contribution in [2.24, 2.45) is 5.41 Å². The summed E-state index contributed by atoms with van der Waals surface area (Å²) < 4.78 is 40.3. The minimum atomic E-state index is -3.71. The molecule has 35 heavy (non-hydrogen) atoms. The van der Waals surface area contributed by atoms with E-state index in [2.05, 4.69) is 47.5 Å². The van der Waals surface area contributed by atoms with Crippen LogP contribution in [0.25, 0.3) is 0 Å². The zero-order valence-corrected chi connectivity index (χ0v) is 21.9. The van der Waals surface area contributed by atoms with Crippen molar-refractivity contribution in [2.75, 3.05) is 42.7 Å². The lowest BCUT2D eigenvalue weighted by Gasteiger charge is -2.42. The Morgan fingerprint density at radius 3 is 2.46 bits per heavy atom. The molecule has 1 atom stereocenters. The van der Waals surface area contributed by atoms with E-state index in [-0.39, 0.29) is 22.8 Å². The molecular formula is C26H35FN4O3S. The third-order valence-electron chi connectivity index (χ3n) is 7.04. The van der Waals surface area contributed by atoms with Crippen LogP contribution in [-0.2, 0) is 16.4 Å². The van der Waals surface area contributed by atoms with Crippen molar-refractivity contribution in [3.05, 3.63) is 58.9 Å². The lowest BCUT2D eigenvalue weighted by Crippen LogP contribution is -2.49. The Balaban J connectivity index is 1.66. The van der Waals surface area contributed by atoms with Crippen LogP contribution in [0.4, 0.5) is 15.8 Å². The molecular weight excluding hydrogens is 467 g/mol. The Labute approximate surface area is 207 Å². The molecule has 9 heteroatoms. The van der Waals surface area contributed by atoms with Gasteiger partial charge < -0.3 is 10.2 Å². The number of nitrogens with one attached hydrogen (secondary N) is 2. The maximum absolute atomic E-state index is 14.9. The molecule has 0 aliphatic carbocycles. The van der Waals surface area contributed by atoms with Crippen LogP contribution in [0.2, 0.25) is 0 Å². The number of benzene rings is 2. The van der Waals surface area contributed by atoms with E-state index in [1.807, 2.05) is 12.1 Å². The largest absolute Gasteiger partial charge is 0.377 e. The van der Waals surface area contributed by atoms with Gasteiger partial charge in [-0.15, -0.1) is 0 Å². The fraction of sp³-hybridized carbons (Fsp3) is 0.500. The highest BCUT2D eigenvalue weighted by atomic mass is 32.2. The van der Waals surface area contributed by atoms with Crippen LogP contribution < -0.4 is 14.9 Å². The number of hydrogen-bond acceptors (Lipinski definition) is 6. The van der Waals surface area contributed by atoms with Crippen molar-refractivity contribution >= 4 is 27.3 Å². The van der Waals surface area contributed by atoms with Crippen molar-refractivity contribution in [3.63, 3.8) is 0 Å². The van der Waals surface area contributed by atoms with E-state index in [4.69, 9.17) is 0 Å². The summed E-state index contributed by atoms with van der Waals surface area (Å²) in [7, 11) is -3.71. The Morgan fingerprint density at radius 2 is 1.83 bits per heavy atom. The van der Waals surface area contributed by atoms with Gasteiger partial charge in [-0.1, -0.05) is 26.0 Å². The molecule has 0 radical (unpaired) electrons. The third-order valence-corrected chi connectivity index (χ3v) is 7.59. The molecule has 0 aromatic heterocycles. The topological polar surface area (TPSA) is 81.8 Å². The summed E-state index contributed by atoms with van der Waals surface area (Å²) in [5.74, 6) is -0.978. The first kappa shape index (κ1) is 25.4. The van der Waals surface area contributed by atoms with Crippen molar-refractivity contribution in [2.45, 2.75) is 46.2 Å². The quantitative estimate of drug-likeness (QED) is 0.648. The van der Waals surface area contributed by atoms with Crippen LogP contribution in [0.15, 0.2) is 36.4 Å². The number of para-hydroxylation sites is 1. The third kappa shape index (κ3) is 5.62. The average Bonchev–Trinajstić information content (AvgIpc) is 2.76. The van der Waals surface area contributed by atoms with E-state index in [1.165, 1.54) is 0 Å². The Morgan fingerprint density at radius 1 is 1.14 bits per heavy atom. The number of carbonyl (C=O) groups is 1. The zero-order chi connectivity index (χ0) is 25.5. The standard InChI is InChI=1S/C26H35FN4O3S/c1-17(2)30-9-11-31(12-10-30)21-14-19(13-20(27)15-21)24-26(3,4)16-18-7-6-8-22(23(18)28-24)25(32)29-35(5,33)34/h6-8,13-15,17,24,28H,9-12,16H2,1-5H3,(H,29,32). The lowest BCUT2D eigenvalue weighted by molar-refractivity contribution is 0.0981. The van der Waals surface area contributed by atoms with Gasteiger partial charge in [0, 0.05) is 37.9 Å². The highest BCUT2D eigenvalue weighted by Gasteiger charge is 2.38. The monoisotopic (exact) mass is 502 g/mol. The van der Waals surface area contributed by atoms with Crippen molar-refractivity contribution in [1.29, 1.82) is 0 Å². The van der Waals surface area contributed by atoms with Gasteiger partial charge in [0.25, 0.3) is 5.91 Å². The predicted molar refractivity (Wildman–Crippen MR) is 138 cm³/mol. The highest BCUT2D eigenvalue weighted by Crippen LogP contribution is 2.46. The van der Waals surface area contributed by atoms with Crippen molar-refractivity contribution in [1.82, 2.24) is 9.62 Å². The summed E-state index contributed by atoms with van der Waals surface area (Å²) in [5, 5.41) is 3.47. The molecule has 1 unspecified atom stereocenters. The molecule has 0 spiro atoms. The van der Waals surface area contributed by atoms with E-state index in [0.29, 0.717) is 18.2 Å². The van der Waals surface area contributed by atoms with Crippen LogP contribution >= 0.6 is 0 Å². The van der Waals surface area contributed by atoms with Crippen LogP contribution in [0.5, 0.6) is 0 Å². The number of nitrogens with zero attached hydrogens (tertiary/aromatic N) is 2. The van der Waals surface area contributed by atoms with Gasteiger partial charge in [-0.05, 0) is 61.1 Å². The minimum Gasteiger partial charge on any atom is -0.377 e. The van der Waals surface area contributed by atoms with Gasteiger partial charge in [0.05, 0.1) is 23.5 Å². The number of amides is 1. The summed E-state index contributed by atoms with van der Waals surface area (Å²) in [6.07, 6.45) is 1.60. The van der Waals surface area contributed by atoms with Gasteiger partial charge in [-0.2, -0.15) is 0 Å². The lowest BCUT2D eigenvalue weighted by atomic mass is 9.72. The molecule has 190 valence electrons. The molecule has 2 aromatic rings. The number of carbonyl (C=O) groups excluding carboxylic acids is 1. The number of sulfonamides is 1. The average molecular weight is 503 g/mol. The first-order valence-corrected chi connectivity index (χ1v) is 13.9. The molecule has 1 amide bonds. The number of anilines is 2. The molecule has 7 nitrogen and oxygen atoms in total. The number of rotatable bonds is 5. The molecule has 1 fully saturated rings. The normalized spacial score (nSPS) is 20.3. The van der Waals surface area contributed by atoms with Gasteiger partial charge >= 0.3 is 0 Å². The molecule has 2 heterocycles. The molecule has 0 bridgehead atoms. The summed E-state index contributed by atoms with van der Waals surface area (Å²) >= 11 is 0. The Kier molecular flexibility index (Phi) is 6.85. The molecule has 2 aromatic carbocycles. The molecule has 2 aliphatic rings. The van der Waals surface area contributed by atoms with E-state index in [1.54, 1.807) is 24.3 Å². The first-order chi connectivity index (χ1) is 16.3. The van der Waals surface area contributed by atoms with Gasteiger partial charge in [0.15, 0.2) is 0 Å². The van der Waals surface area contributed by atoms with E-state index in [9.17, 15) is 17.6 Å². The summed E-state index contributed by atoms with van der Waals surface area (Å²) in [6, 6.07) is 10.7. The molecule has 2 N–H and O–H groups in total. The smallest absolute Gasteiger partial charge is 0.266 e. The molecule has 0 saturated carbocycles. The fourth-order valence-electron chi connectivity index (χ4n) is 5.24. The second-order valence-corrected chi connectivity index (χ2v) is 12.4. The molecule has 2 aliphatic heterocycles. The fourth-order valence-corrected chi connectivity index (χ4v) is 5.69. The van der Waals surface area contributed by atoms with E-state index < -0.39 is 15.9 Å². The minimum absolute atomic E-state index is 0.259. The first-order valence-electron chi connectivity index (χ1n) is 12.0. The highest BCUT2D eigenvalue weighted by molar-refractivity contribution is 7.89. The van der Waals surface area contributed by atoms with Crippen LogP contribution in [0.1, 0.15) is 55.2 Å². The Bertz CT molecular complexity index is 1220. The second kappa shape index (κ2) is 9.43. The second-order valence-electron chi connectivity index (χ2n) is 10.6. The molecule has 4 rings (SSSR count). The maximum Gasteiger partial charge on any atom is 0.266 e. The Hall–Kier alpha value is -2.65. The van der Waals surface area contributed by atoms with E-state index in [0.717, 1.165) is 49.2 Å². The van der Waals surface area contributed by atoms with Crippen LogP contribution in [0, 0.1) is 11.2 Å². The number of hydrogen-bond donors (Lipinski definition) is 2. The number of fused-ring (bicyclic) bond motifs is 1. The summed E-state index contributed by atoms with van der Waals surface area (Å²) in [5.41, 5.74) is 3.16. The van der Waals surface area contributed by atoms with E-state index >= 15 is 0 Å². The molecule has 1 saturated heterocycles. The SMILES string of the molecule is CC(C)N1CCN(c2cc(F)cc(C3Nc4c(cccc4C(=O)NS(C)(=O)=O)CC3(C)C)c2)CC1.